The average molecular weight is 317 g/mol. The van der Waals surface area contributed by atoms with Crippen LogP contribution in [-0.2, 0) is 6.42 Å². The molecular formula is C18H14Cl2O. The van der Waals surface area contributed by atoms with Crippen LogP contribution in [0, 0.1) is 0 Å². The minimum absolute atomic E-state index is 0.106. The Hall–Kier alpha value is -1.57. The number of aryl methyl sites for hydroxylation is 1. The molecular weight excluding hydrogens is 303 g/mol. The van der Waals surface area contributed by atoms with E-state index in [1.165, 1.54) is 0 Å². The molecule has 0 radical (unpaired) electrons. The van der Waals surface area contributed by atoms with Gasteiger partial charge in [0, 0.05) is 21.2 Å². The Bertz CT molecular complexity index is 732. The van der Waals surface area contributed by atoms with E-state index in [1.54, 1.807) is 12.1 Å². The fourth-order valence-corrected chi connectivity index (χ4v) is 3.12. The van der Waals surface area contributed by atoms with Gasteiger partial charge in [0.1, 0.15) is 0 Å². The summed E-state index contributed by atoms with van der Waals surface area (Å²) in [6.45, 7) is 0. The molecule has 0 aliphatic heterocycles. The molecule has 0 amide bonds. The lowest BCUT2D eigenvalue weighted by atomic mass is 9.98. The third-order valence-corrected chi connectivity index (χ3v) is 4.30. The monoisotopic (exact) mass is 316 g/mol. The lowest BCUT2D eigenvalue weighted by Gasteiger charge is -2.06. The van der Waals surface area contributed by atoms with Crippen molar-refractivity contribution in [2.75, 3.05) is 0 Å². The topological polar surface area (TPSA) is 17.1 Å². The fraction of sp³-hybridized carbons (Fsp3) is 0.167. The third kappa shape index (κ3) is 3.04. The van der Waals surface area contributed by atoms with Crippen molar-refractivity contribution in [2.24, 2.45) is 0 Å². The van der Waals surface area contributed by atoms with Crippen molar-refractivity contribution in [3.8, 4) is 0 Å². The highest BCUT2D eigenvalue weighted by molar-refractivity contribution is 6.35. The van der Waals surface area contributed by atoms with Crippen LogP contribution >= 0.6 is 23.2 Å². The largest absolute Gasteiger partial charge is 0.289 e. The predicted molar refractivity (Wildman–Crippen MR) is 88.1 cm³/mol. The van der Waals surface area contributed by atoms with Gasteiger partial charge in [-0.2, -0.15) is 0 Å². The Kier molecular flexibility index (Phi) is 4.14. The van der Waals surface area contributed by atoms with Gasteiger partial charge in [-0.15, -0.1) is 0 Å². The van der Waals surface area contributed by atoms with E-state index < -0.39 is 0 Å². The van der Waals surface area contributed by atoms with Crippen LogP contribution in [0.3, 0.4) is 0 Å². The van der Waals surface area contributed by atoms with Gasteiger partial charge in [0.05, 0.1) is 0 Å². The van der Waals surface area contributed by atoms with Crippen LogP contribution in [0.25, 0.3) is 6.08 Å². The Morgan fingerprint density at radius 1 is 1.00 bits per heavy atom. The summed E-state index contributed by atoms with van der Waals surface area (Å²) in [4.78, 5) is 12.7. The predicted octanol–water partition coefficient (Wildman–Crippen LogP) is 5.60. The van der Waals surface area contributed by atoms with Crippen molar-refractivity contribution < 1.29 is 4.79 Å². The summed E-state index contributed by atoms with van der Waals surface area (Å²) in [5.74, 6) is 0.106. The number of hydrogen-bond donors (Lipinski definition) is 0. The zero-order chi connectivity index (χ0) is 14.8. The highest BCUT2D eigenvalue weighted by Crippen LogP contribution is 2.28. The second kappa shape index (κ2) is 6.05. The number of hydrogen-bond acceptors (Lipinski definition) is 1. The highest BCUT2D eigenvalue weighted by atomic mass is 35.5. The van der Waals surface area contributed by atoms with Gasteiger partial charge in [0.25, 0.3) is 0 Å². The van der Waals surface area contributed by atoms with Crippen molar-refractivity contribution in [1.29, 1.82) is 0 Å². The number of rotatable bonds is 1. The zero-order valence-corrected chi connectivity index (χ0v) is 12.9. The van der Waals surface area contributed by atoms with Gasteiger partial charge in [0.15, 0.2) is 5.78 Å². The highest BCUT2D eigenvalue weighted by Gasteiger charge is 2.19. The SMILES string of the molecule is O=C1/C(=C/c2ccc(Cl)cc2Cl)CCCc2ccccc21. The lowest BCUT2D eigenvalue weighted by molar-refractivity contribution is 0.103. The third-order valence-electron chi connectivity index (χ3n) is 3.74. The maximum atomic E-state index is 12.7. The van der Waals surface area contributed by atoms with E-state index >= 15 is 0 Å². The van der Waals surface area contributed by atoms with Gasteiger partial charge in [-0.05, 0) is 48.6 Å². The Morgan fingerprint density at radius 3 is 2.62 bits per heavy atom. The van der Waals surface area contributed by atoms with Crippen molar-refractivity contribution >= 4 is 35.1 Å². The molecule has 2 aromatic carbocycles. The normalized spacial score (nSPS) is 16.7. The molecule has 0 fully saturated rings. The Labute approximate surface area is 134 Å². The first-order chi connectivity index (χ1) is 10.1. The summed E-state index contributed by atoms with van der Waals surface area (Å²) >= 11 is 12.1. The molecule has 106 valence electrons. The quantitative estimate of drug-likeness (QED) is 0.494. The van der Waals surface area contributed by atoms with Crippen molar-refractivity contribution in [3.63, 3.8) is 0 Å². The van der Waals surface area contributed by atoms with E-state index in [-0.39, 0.29) is 5.78 Å². The summed E-state index contributed by atoms with van der Waals surface area (Å²) in [7, 11) is 0. The van der Waals surface area contributed by atoms with E-state index in [4.69, 9.17) is 23.2 Å². The molecule has 0 saturated heterocycles. The number of allylic oxidation sites excluding steroid dienone is 1. The molecule has 21 heavy (non-hydrogen) atoms. The van der Waals surface area contributed by atoms with Crippen LogP contribution in [0.5, 0.6) is 0 Å². The summed E-state index contributed by atoms with van der Waals surface area (Å²) < 4.78 is 0. The number of carbonyl (C=O) groups is 1. The standard InChI is InChI=1S/C18H14Cl2O/c19-15-9-8-13(17(20)11-15)10-14-6-3-5-12-4-1-2-7-16(12)18(14)21/h1-2,4,7-11H,3,5-6H2/b14-10+. The van der Waals surface area contributed by atoms with Gasteiger partial charge in [-0.1, -0.05) is 53.5 Å². The molecule has 3 rings (SSSR count). The molecule has 0 unspecified atom stereocenters. The van der Waals surface area contributed by atoms with Crippen molar-refractivity contribution in [1.82, 2.24) is 0 Å². The maximum absolute atomic E-state index is 12.7. The van der Waals surface area contributed by atoms with Crippen molar-refractivity contribution in [3.05, 3.63) is 74.8 Å². The van der Waals surface area contributed by atoms with Gasteiger partial charge < -0.3 is 0 Å². The molecule has 1 aliphatic rings. The van der Waals surface area contributed by atoms with E-state index in [0.717, 1.165) is 41.5 Å². The number of benzene rings is 2. The Morgan fingerprint density at radius 2 is 1.81 bits per heavy atom. The summed E-state index contributed by atoms with van der Waals surface area (Å²) in [5, 5.41) is 1.17. The van der Waals surface area contributed by atoms with Crippen LogP contribution in [0.15, 0.2) is 48.0 Å². The number of ketones is 1. The van der Waals surface area contributed by atoms with Crippen LogP contribution in [0.2, 0.25) is 10.0 Å². The van der Waals surface area contributed by atoms with Gasteiger partial charge >= 0.3 is 0 Å². The smallest absolute Gasteiger partial charge is 0.189 e. The first kappa shape index (κ1) is 14.4. The Balaban J connectivity index is 2.02. The molecule has 0 spiro atoms. The van der Waals surface area contributed by atoms with Gasteiger partial charge in [-0.3, -0.25) is 4.79 Å². The summed E-state index contributed by atoms with van der Waals surface area (Å²) in [6, 6.07) is 13.2. The minimum Gasteiger partial charge on any atom is -0.289 e. The molecule has 3 heteroatoms. The molecule has 2 aromatic rings. The van der Waals surface area contributed by atoms with Crippen LogP contribution in [0.1, 0.15) is 34.3 Å². The van der Waals surface area contributed by atoms with Crippen LogP contribution < -0.4 is 0 Å². The first-order valence-corrected chi connectivity index (χ1v) is 7.69. The second-order valence-electron chi connectivity index (χ2n) is 5.18. The zero-order valence-electron chi connectivity index (χ0n) is 11.4. The number of halogens is 2. The summed E-state index contributed by atoms with van der Waals surface area (Å²) in [6.07, 6.45) is 4.57. The summed E-state index contributed by atoms with van der Waals surface area (Å²) in [5.41, 5.74) is 3.59. The molecule has 1 aliphatic carbocycles. The number of carbonyl (C=O) groups excluding carboxylic acids is 1. The first-order valence-electron chi connectivity index (χ1n) is 6.93. The molecule has 0 heterocycles. The maximum Gasteiger partial charge on any atom is 0.189 e. The fourth-order valence-electron chi connectivity index (χ4n) is 2.66. The average Bonchev–Trinajstić information content (AvgIpc) is 2.63. The second-order valence-corrected chi connectivity index (χ2v) is 6.02. The molecule has 0 N–H and O–H groups in total. The number of fused-ring (bicyclic) bond motifs is 1. The molecule has 0 atom stereocenters. The number of Topliss-reactive ketones (excluding diaryl/α,β-unsaturated/α-hetero) is 1. The van der Waals surface area contributed by atoms with Crippen LogP contribution in [-0.4, -0.2) is 5.78 Å². The molecule has 1 nitrogen and oxygen atoms in total. The van der Waals surface area contributed by atoms with E-state index in [0.29, 0.717) is 10.0 Å². The lowest BCUT2D eigenvalue weighted by Crippen LogP contribution is -2.03. The van der Waals surface area contributed by atoms with E-state index in [1.807, 2.05) is 36.4 Å². The van der Waals surface area contributed by atoms with Gasteiger partial charge in [-0.25, -0.2) is 0 Å². The molecule has 0 bridgehead atoms. The van der Waals surface area contributed by atoms with Crippen molar-refractivity contribution in [2.45, 2.75) is 19.3 Å². The van der Waals surface area contributed by atoms with E-state index in [2.05, 4.69) is 0 Å². The van der Waals surface area contributed by atoms with E-state index in [9.17, 15) is 4.79 Å². The van der Waals surface area contributed by atoms with Gasteiger partial charge in [0.2, 0.25) is 0 Å². The molecule has 0 saturated carbocycles. The minimum atomic E-state index is 0.106. The molecule has 0 aromatic heterocycles. The van der Waals surface area contributed by atoms with Crippen LogP contribution in [0.4, 0.5) is 0 Å².